The maximum Gasteiger partial charge on any atom is 0.223 e. The van der Waals surface area contributed by atoms with Crippen LogP contribution in [0.15, 0.2) is 48.5 Å². The Balaban J connectivity index is 1.69. The molecule has 152 valence electrons. The Labute approximate surface area is 178 Å². The van der Waals surface area contributed by atoms with Gasteiger partial charge in [0, 0.05) is 17.3 Å². The predicted octanol–water partition coefficient (Wildman–Crippen LogP) is 5.91. The van der Waals surface area contributed by atoms with Crippen LogP contribution in [0.2, 0.25) is 5.15 Å². The molecular weight excluding hydrogens is 401 g/mol. The van der Waals surface area contributed by atoms with Crippen molar-refractivity contribution in [3.8, 4) is 22.5 Å². The number of hydrogen-bond donors (Lipinski definition) is 1. The minimum Gasteiger partial charge on any atom is -0.351 e. The van der Waals surface area contributed by atoms with Gasteiger partial charge in [0.05, 0.1) is 16.8 Å². The number of hydrogen-bond acceptors (Lipinski definition) is 4. The predicted molar refractivity (Wildman–Crippen MR) is 117 cm³/mol. The lowest BCUT2D eigenvalue weighted by molar-refractivity contribution is 0.628. The highest BCUT2D eigenvalue weighted by Gasteiger charge is 2.21. The van der Waals surface area contributed by atoms with Gasteiger partial charge in [-0.3, -0.25) is 0 Å². The monoisotopic (exact) mass is 421 g/mol. The first kappa shape index (κ1) is 19.0. The summed E-state index contributed by atoms with van der Waals surface area (Å²) in [6.45, 7) is 1.96. The first-order valence-corrected chi connectivity index (χ1v) is 10.5. The molecule has 1 N–H and O–H groups in total. The van der Waals surface area contributed by atoms with Crippen molar-refractivity contribution in [3.05, 3.63) is 65.2 Å². The van der Waals surface area contributed by atoms with Crippen molar-refractivity contribution < 1.29 is 4.39 Å². The number of aryl methyl sites for hydroxylation is 1. The first-order valence-electron chi connectivity index (χ1n) is 10.1. The second kappa shape index (κ2) is 7.69. The number of rotatable bonds is 4. The van der Waals surface area contributed by atoms with Gasteiger partial charge >= 0.3 is 0 Å². The lowest BCUT2D eigenvalue weighted by atomic mass is 10.0. The van der Waals surface area contributed by atoms with Crippen LogP contribution in [0.25, 0.3) is 28.0 Å². The van der Waals surface area contributed by atoms with E-state index in [2.05, 4.69) is 10.3 Å². The summed E-state index contributed by atoms with van der Waals surface area (Å²) < 4.78 is 15.2. The van der Waals surface area contributed by atoms with E-state index in [9.17, 15) is 4.39 Å². The summed E-state index contributed by atoms with van der Waals surface area (Å²) in [6.07, 6.45) is 4.74. The third-order valence-electron chi connectivity index (χ3n) is 5.53. The summed E-state index contributed by atoms with van der Waals surface area (Å²) in [4.78, 5) is 9.42. The normalized spacial score (nSPS) is 14.5. The Hall–Kier alpha value is -2.99. The van der Waals surface area contributed by atoms with Gasteiger partial charge in [-0.05, 0) is 62.2 Å². The Morgan fingerprint density at radius 2 is 1.83 bits per heavy atom. The van der Waals surface area contributed by atoms with E-state index in [0.29, 0.717) is 22.8 Å². The van der Waals surface area contributed by atoms with Crippen molar-refractivity contribution in [2.24, 2.45) is 0 Å². The smallest absolute Gasteiger partial charge is 0.223 e. The lowest BCUT2D eigenvalue weighted by Gasteiger charge is -2.13. The van der Waals surface area contributed by atoms with Crippen molar-refractivity contribution in [1.29, 1.82) is 0 Å². The molecule has 1 saturated carbocycles. The van der Waals surface area contributed by atoms with Gasteiger partial charge in [0.25, 0.3) is 0 Å². The molecule has 1 aliphatic carbocycles. The zero-order valence-corrected chi connectivity index (χ0v) is 17.3. The number of halogens is 2. The molecule has 0 aliphatic heterocycles. The number of nitrogens with one attached hydrogen (secondary N) is 1. The number of pyridine rings is 1. The van der Waals surface area contributed by atoms with Gasteiger partial charge in [0.15, 0.2) is 0 Å². The maximum atomic E-state index is 13.5. The zero-order valence-electron chi connectivity index (χ0n) is 16.6. The molecule has 5 nitrogen and oxygen atoms in total. The second-order valence-corrected chi connectivity index (χ2v) is 8.11. The van der Waals surface area contributed by atoms with Gasteiger partial charge in [0.2, 0.25) is 5.95 Å². The quantitative estimate of drug-likeness (QED) is 0.416. The highest BCUT2D eigenvalue weighted by Crippen LogP contribution is 2.36. The summed E-state index contributed by atoms with van der Waals surface area (Å²) in [5.41, 5.74) is 4.82. The van der Waals surface area contributed by atoms with Gasteiger partial charge in [-0.25, -0.2) is 18.9 Å². The number of anilines is 1. The van der Waals surface area contributed by atoms with E-state index in [1.165, 1.54) is 25.0 Å². The first-order chi connectivity index (χ1) is 14.6. The standard InChI is InChI=1S/C23H21ClFN5/c1-14-13-18(28-23(26-14)27-17-5-2-3-6-17)21-19-7-4-8-20(24)30(19)29-22(21)15-9-11-16(25)12-10-15/h4,7-13,17H,2-3,5-6H2,1H3,(H,26,27,28). The van der Waals surface area contributed by atoms with Crippen LogP contribution in [0.1, 0.15) is 31.4 Å². The lowest BCUT2D eigenvalue weighted by Crippen LogP contribution is -2.17. The molecule has 0 amide bonds. The second-order valence-electron chi connectivity index (χ2n) is 7.72. The molecule has 0 radical (unpaired) electrons. The Morgan fingerprint density at radius 1 is 1.07 bits per heavy atom. The van der Waals surface area contributed by atoms with Crippen LogP contribution < -0.4 is 5.32 Å². The van der Waals surface area contributed by atoms with Gasteiger partial charge in [-0.2, -0.15) is 5.10 Å². The van der Waals surface area contributed by atoms with E-state index in [4.69, 9.17) is 21.7 Å². The van der Waals surface area contributed by atoms with E-state index in [0.717, 1.165) is 40.9 Å². The highest BCUT2D eigenvalue weighted by atomic mass is 35.5. The Morgan fingerprint density at radius 3 is 2.60 bits per heavy atom. The third kappa shape index (κ3) is 3.52. The van der Waals surface area contributed by atoms with Crippen LogP contribution in [-0.2, 0) is 0 Å². The molecule has 4 aromatic rings. The van der Waals surface area contributed by atoms with Gasteiger partial charge in [-0.15, -0.1) is 0 Å². The van der Waals surface area contributed by atoms with Crippen LogP contribution >= 0.6 is 11.6 Å². The summed E-state index contributed by atoms with van der Waals surface area (Å²) in [5.74, 6) is 0.339. The summed E-state index contributed by atoms with van der Waals surface area (Å²) in [6, 6.07) is 14.3. The van der Waals surface area contributed by atoms with Crippen molar-refractivity contribution >= 4 is 23.1 Å². The van der Waals surface area contributed by atoms with E-state index in [-0.39, 0.29) is 5.82 Å². The molecule has 7 heteroatoms. The topological polar surface area (TPSA) is 55.1 Å². The van der Waals surface area contributed by atoms with Gasteiger partial charge in [-0.1, -0.05) is 30.5 Å². The summed E-state index contributed by atoms with van der Waals surface area (Å²) >= 11 is 6.41. The molecule has 0 saturated heterocycles. The molecule has 3 heterocycles. The Kier molecular flexibility index (Phi) is 4.87. The fourth-order valence-electron chi connectivity index (χ4n) is 4.11. The van der Waals surface area contributed by atoms with Crippen molar-refractivity contribution in [1.82, 2.24) is 19.6 Å². The van der Waals surface area contributed by atoms with E-state index in [1.807, 2.05) is 25.1 Å². The van der Waals surface area contributed by atoms with Crippen LogP contribution in [0.5, 0.6) is 0 Å². The van der Waals surface area contributed by atoms with Gasteiger partial charge < -0.3 is 5.32 Å². The molecule has 1 aliphatic rings. The SMILES string of the molecule is Cc1cc(-c2c(-c3ccc(F)cc3)nn3c(Cl)cccc23)nc(NC2CCCC2)n1. The van der Waals surface area contributed by atoms with Crippen molar-refractivity contribution in [2.75, 3.05) is 5.32 Å². The fourth-order valence-corrected chi connectivity index (χ4v) is 4.31. The number of aromatic nitrogens is 4. The van der Waals surface area contributed by atoms with Gasteiger partial charge in [0.1, 0.15) is 16.7 Å². The van der Waals surface area contributed by atoms with Crippen LogP contribution in [0, 0.1) is 12.7 Å². The Bertz CT molecular complexity index is 1210. The number of fused-ring (bicyclic) bond motifs is 1. The maximum absolute atomic E-state index is 13.5. The average molecular weight is 422 g/mol. The molecule has 3 aromatic heterocycles. The summed E-state index contributed by atoms with van der Waals surface area (Å²) in [7, 11) is 0. The van der Waals surface area contributed by atoms with E-state index >= 15 is 0 Å². The number of nitrogens with zero attached hydrogens (tertiary/aromatic N) is 4. The molecule has 1 aromatic carbocycles. The zero-order chi connectivity index (χ0) is 20.7. The molecule has 0 unspecified atom stereocenters. The van der Waals surface area contributed by atoms with Crippen molar-refractivity contribution in [3.63, 3.8) is 0 Å². The molecular formula is C23H21ClFN5. The highest BCUT2D eigenvalue weighted by molar-refractivity contribution is 6.29. The largest absolute Gasteiger partial charge is 0.351 e. The molecule has 0 spiro atoms. The molecule has 30 heavy (non-hydrogen) atoms. The van der Waals surface area contributed by atoms with Crippen LogP contribution in [-0.4, -0.2) is 25.6 Å². The number of benzene rings is 1. The van der Waals surface area contributed by atoms with Crippen LogP contribution in [0.4, 0.5) is 10.3 Å². The van der Waals surface area contributed by atoms with Crippen LogP contribution in [0.3, 0.4) is 0 Å². The summed E-state index contributed by atoms with van der Waals surface area (Å²) in [5, 5.41) is 8.72. The third-order valence-corrected chi connectivity index (χ3v) is 5.81. The minimum absolute atomic E-state index is 0.289. The molecule has 5 rings (SSSR count). The van der Waals surface area contributed by atoms with E-state index in [1.54, 1.807) is 22.7 Å². The molecule has 0 bridgehead atoms. The average Bonchev–Trinajstić information content (AvgIpc) is 3.36. The molecule has 1 fully saturated rings. The fraction of sp³-hybridized carbons (Fsp3) is 0.261. The van der Waals surface area contributed by atoms with Crippen molar-refractivity contribution in [2.45, 2.75) is 38.6 Å². The molecule has 0 atom stereocenters. The minimum atomic E-state index is -0.289. The van der Waals surface area contributed by atoms with E-state index < -0.39 is 0 Å².